The van der Waals surface area contributed by atoms with Gasteiger partial charge in [-0.2, -0.15) is 5.10 Å². The van der Waals surface area contributed by atoms with Crippen LogP contribution in [0.2, 0.25) is 0 Å². The average molecular weight is 257 g/mol. The van der Waals surface area contributed by atoms with Crippen molar-refractivity contribution in [2.75, 3.05) is 18.1 Å². The third-order valence-electron chi connectivity index (χ3n) is 3.86. The second kappa shape index (κ2) is 5.05. The lowest BCUT2D eigenvalue weighted by molar-refractivity contribution is 0.299. The summed E-state index contributed by atoms with van der Waals surface area (Å²) >= 11 is 0. The highest BCUT2D eigenvalue weighted by atomic mass is 16.2. The summed E-state index contributed by atoms with van der Waals surface area (Å²) in [6, 6.07) is 8.48. The van der Waals surface area contributed by atoms with Gasteiger partial charge in [0.05, 0.1) is 6.20 Å². The van der Waals surface area contributed by atoms with Crippen LogP contribution >= 0.6 is 0 Å². The first kappa shape index (κ1) is 12.2. The molecule has 1 N–H and O–H groups in total. The maximum Gasteiger partial charge on any atom is 0.126 e. The van der Waals surface area contributed by atoms with Gasteiger partial charge in [0.25, 0.3) is 0 Å². The maximum atomic E-state index is 9.14. The van der Waals surface area contributed by atoms with E-state index in [1.54, 1.807) is 0 Å². The molecule has 1 aromatic heterocycles. The van der Waals surface area contributed by atoms with Gasteiger partial charge < -0.3 is 10.0 Å². The first-order valence-electron chi connectivity index (χ1n) is 6.73. The number of hydrogen-bond donors (Lipinski definition) is 1. The Kier molecular flexibility index (Phi) is 3.25. The summed E-state index contributed by atoms with van der Waals surface area (Å²) in [6.07, 6.45) is 3.64. The van der Waals surface area contributed by atoms with E-state index in [4.69, 9.17) is 5.11 Å². The lowest BCUT2D eigenvalue weighted by atomic mass is 9.93. The number of hydrogen-bond acceptors (Lipinski definition) is 3. The van der Waals surface area contributed by atoms with E-state index >= 15 is 0 Å². The highest BCUT2D eigenvalue weighted by Crippen LogP contribution is 2.26. The zero-order valence-corrected chi connectivity index (χ0v) is 11.2. The molecule has 1 aliphatic heterocycles. The molecule has 1 aliphatic rings. The molecular formula is C15H19N3O. The lowest BCUT2D eigenvalue weighted by Crippen LogP contribution is -2.32. The van der Waals surface area contributed by atoms with E-state index in [1.807, 2.05) is 17.9 Å². The second-order valence-corrected chi connectivity index (χ2v) is 5.01. The van der Waals surface area contributed by atoms with Crippen molar-refractivity contribution in [2.45, 2.75) is 19.4 Å². The monoisotopic (exact) mass is 257 g/mol. The lowest BCUT2D eigenvalue weighted by Gasteiger charge is -2.31. The van der Waals surface area contributed by atoms with E-state index in [9.17, 15) is 0 Å². The summed E-state index contributed by atoms with van der Waals surface area (Å²) in [5.74, 6) is 1.17. The van der Waals surface area contributed by atoms with Gasteiger partial charge in [0.2, 0.25) is 0 Å². The van der Waals surface area contributed by atoms with Crippen molar-refractivity contribution in [3.8, 4) is 0 Å². The quantitative estimate of drug-likeness (QED) is 0.906. The van der Waals surface area contributed by atoms with E-state index in [1.165, 1.54) is 22.5 Å². The molecule has 1 aromatic carbocycles. The number of aryl methyl sites for hydroxylation is 1. The third kappa shape index (κ3) is 2.24. The largest absolute Gasteiger partial charge is 0.396 e. The molecule has 2 heterocycles. The van der Waals surface area contributed by atoms with Crippen molar-refractivity contribution in [2.24, 2.45) is 7.05 Å². The third-order valence-corrected chi connectivity index (χ3v) is 3.86. The first-order chi connectivity index (χ1) is 9.29. The minimum atomic E-state index is 0.224. The van der Waals surface area contributed by atoms with Crippen LogP contribution in [0, 0.1) is 0 Å². The van der Waals surface area contributed by atoms with E-state index in [0.717, 1.165) is 25.9 Å². The molecule has 0 saturated heterocycles. The molecule has 0 amide bonds. The summed E-state index contributed by atoms with van der Waals surface area (Å²) in [4.78, 5) is 2.36. The Morgan fingerprint density at radius 3 is 2.95 bits per heavy atom. The van der Waals surface area contributed by atoms with Gasteiger partial charge in [0, 0.05) is 32.8 Å². The van der Waals surface area contributed by atoms with Crippen molar-refractivity contribution >= 4 is 5.82 Å². The van der Waals surface area contributed by atoms with Crippen LogP contribution in [0.1, 0.15) is 16.7 Å². The number of aliphatic hydroxyl groups excluding tert-OH is 1. The molecule has 0 unspecified atom stereocenters. The van der Waals surface area contributed by atoms with Crippen LogP contribution in [0.4, 0.5) is 5.82 Å². The maximum absolute atomic E-state index is 9.14. The summed E-state index contributed by atoms with van der Waals surface area (Å²) in [5, 5.41) is 13.4. The fraction of sp³-hybridized carbons (Fsp3) is 0.400. The number of rotatable bonds is 3. The van der Waals surface area contributed by atoms with Crippen LogP contribution in [0.3, 0.4) is 0 Å². The Balaban J connectivity index is 1.89. The number of benzene rings is 1. The SMILES string of the molecule is Cn1nccc1N1CCc2c(CCO)cccc2C1. The number of nitrogens with zero attached hydrogens (tertiary/aromatic N) is 3. The predicted molar refractivity (Wildman–Crippen MR) is 75.2 cm³/mol. The molecule has 0 atom stereocenters. The molecule has 2 aromatic rings. The van der Waals surface area contributed by atoms with Gasteiger partial charge in [-0.15, -0.1) is 0 Å². The van der Waals surface area contributed by atoms with Crippen LogP contribution in [-0.4, -0.2) is 28.0 Å². The van der Waals surface area contributed by atoms with Gasteiger partial charge in [0.1, 0.15) is 5.82 Å². The van der Waals surface area contributed by atoms with Crippen molar-refractivity contribution in [1.82, 2.24) is 9.78 Å². The topological polar surface area (TPSA) is 41.3 Å². The van der Waals surface area contributed by atoms with Gasteiger partial charge in [-0.1, -0.05) is 18.2 Å². The fourth-order valence-electron chi connectivity index (χ4n) is 2.92. The average Bonchev–Trinajstić information content (AvgIpc) is 2.85. The van der Waals surface area contributed by atoms with E-state index in [-0.39, 0.29) is 6.61 Å². The standard InChI is InChI=1S/C15H19N3O/c1-17-15(5-8-16-17)18-9-6-14-12(7-10-19)3-2-4-13(14)11-18/h2-5,8,19H,6-7,9-11H2,1H3. The fourth-order valence-corrected chi connectivity index (χ4v) is 2.92. The summed E-state index contributed by atoms with van der Waals surface area (Å²) in [6.45, 7) is 2.16. The predicted octanol–water partition coefficient (Wildman–Crippen LogP) is 1.52. The molecule has 0 bridgehead atoms. The molecule has 0 fully saturated rings. The van der Waals surface area contributed by atoms with Crippen LogP contribution in [0.5, 0.6) is 0 Å². The summed E-state index contributed by atoms with van der Waals surface area (Å²) in [7, 11) is 1.98. The van der Waals surface area contributed by atoms with Gasteiger partial charge in [-0.25, -0.2) is 0 Å². The van der Waals surface area contributed by atoms with Gasteiger partial charge in [-0.05, 0) is 29.5 Å². The van der Waals surface area contributed by atoms with Crippen molar-refractivity contribution in [1.29, 1.82) is 0 Å². The molecule has 100 valence electrons. The Bertz CT molecular complexity index is 577. The molecule has 4 heteroatoms. The zero-order chi connectivity index (χ0) is 13.2. The first-order valence-corrected chi connectivity index (χ1v) is 6.73. The highest BCUT2D eigenvalue weighted by Gasteiger charge is 2.20. The van der Waals surface area contributed by atoms with Crippen molar-refractivity contribution in [3.05, 3.63) is 47.2 Å². The normalized spacial score (nSPS) is 14.5. The number of aliphatic hydroxyl groups is 1. The molecular weight excluding hydrogens is 238 g/mol. The Morgan fingerprint density at radius 2 is 2.21 bits per heavy atom. The number of fused-ring (bicyclic) bond motifs is 1. The zero-order valence-electron chi connectivity index (χ0n) is 11.2. The molecule has 0 aliphatic carbocycles. The minimum absolute atomic E-state index is 0.224. The number of anilines is 1. The Labute approximate surface area is 113 Å². The molecule has 0 saturated carbocycles. The highest BCUT2D eigenvalue weighted by molar-refractivity contribution is 5.46. The van der Waals surface area contributed by atoms with Gasteiger partial charge in [-0.3, -0.25) is 4.68 Å². The van der Waals surface area contributed by atoms with Gasteiger partial charge in [0.15, 0.2) is 0 Å². The van der Waals surface area contributed by atoms with E-state index in [0.29, 0.717) is 0 Å². The Hall–Kier alpha value is -1.81. The molecule has 0 radical (unpaired) electrons. The molecule has 19 heavy (non-hydrogen) atoms. The summed E-state index contributed by atoms with van der Waals surface area (Å²) in [5.41, 5.74) is 4.10. The van der Waals surface area contributed by atoms with Crippen LogP contribution in [0.15, 0.2) is 30.5 Å². The number of aromatic nitrogens is 2. The van der Waals surface area contributed by atoms with Crippen molar-refractivity contribution in [3.63, 3.8) is 0 Å². The molecule has 4 nitrogen and oxygen atoms in total. The molecule has 3 rings (SSSR count). The minimum Gasteiger partial charge on any atom is -0.396 e. The smallest absolute Gasteiger partial charge is 0.126 e. The van der Waals surface area contributed by atoms with Crippen LogP contribution in [0.25, 0.3) is 0 Å². The van der Waals surface area contributed by atoms with E-state index < -0.39 is 0 Å². The second-order valence-electron chi connectivity index (χ2n) is 5.01. The van der Waals surface area contributed by atoms with Crippen LogP contribution in [-0.2, 0) is 26.4 Å². The summed E-state index contributed by atoms with van der Waals surface area (Å²) < 4.78 is 1.92. The van der Waals surface area contributed by atoms with E-state index in [2.05, 4.69) is 34.3 Å². The van der Waals surface area contributed by atoms with Crippen molar-refractivity contribution < 1.29 is 5.11 Å². The Morgan fingerprint density at radius 1 is 1.32 bits per heavy atom. The van der Waals surface area contributed by atoms with Crippen LogP contribution < -0.4 is 4.90 Å². The van der Waals surface area contributed by atoms with Gasteiger partial charge >= 0.3 is 0 Å². The molecule has 0 spiro atoms.